The maximum absolute atomic E-state index is 13.6. The Morgan fingerprint density at radius 3 is 2.17 bits per heavy atom. The van der Waals surface area contributed by atoms with Gasteiger partial charge in [-0.1, -0.05) is 36.4 Å². The van der Waals surface area contributed by atoms with Crippen molar-refractivity contribution >= 4 is 46.9 Å². The van der Waals surface area contributed by atoms with Gasteiger partial charge in [-0.05, 0) is 61.5 Å². The van der Waals surface area contributed by atoms with Crippen molar-refractivity contribution in [2.75, 3.05) is 39.1 Å². The highest BCUT2D eigenvalue weighted by atomic mass is 32.2. The zero-order valence-corrected chi connectivity index (χ0v) is 26.9. The van der Waals surface area contributed by atoms with Gasteiger partial charge in [-0.25, -0.2) is 0 Å². The second-order valence-corrected chi connectivity index (χ2v) is 11.2. The first-order valence-electron chi connectivity index (χ1n) is 14.2. The molecule has 0 aliphatic carbocycles. The third kappa shape index (κ3) is 8.60. The number of para-hydroxylation sites is 1. The largest absolute Gasteiger partial charge is 0.497 e. The van der Waals surface area contributed by atoms with E-state index < -0.39 is 17.1 Å². The van der Waals surface area contributed by atoms with Crippen molar-refractivity contribution in [3.63, 3.8) is 0 Å². The number of hydrogen-bond donors (Lipinski definition) is 3. The fourth-order valence-electron chi connectivity index (χ4n) is 4.37. The van der Waals surface area contributed by atoms with Crippen LogP contribution in [-0.2, 0) is 9.59 Å². The number of benzene rings is 4. The SMILES string of the molecule is COc1ccc(OC)c(NC(=O)C(C)Sc2cccc(NC(=O)/C(=C\c3cccc(OC)c3OC)NC(=O)c3ccccc3)c2)c1. The molecular weight excluding hydrogens is 606 g/mol. The predicted molar refractivity (Wildman–Crippen MR) is 180 cm³/mol. The Morgan fingerprint density at radius 2 is 1.48 bits per heavy atom. The Morgan fingerprint density at radius 1 is 0.739 bits per heavy atom. The van der Waals surface area contributed by atoms with E-state index in [-0.39, 0.29) is 11.6 Å². The molecule has 0 aromatic heterocycles. The van der Waals surface area contributed by atoms with Gasteiger partial charge >= 0.3 is 0 Å². The smallest absolute Gasteiger partial charge is 0.272 e. The minimum Gasteiger partial charge on any atom is -0.497 e. The van der Waals surface area contributed by atoms with Gasteiger partial charge in [0.15, 0.2) is 11.5 Å². The first-order chi connectivity index (χ1) is 22.3. The van der Waals surface area contributed by atoms with Crippen LogP contribution in [0.3, 0.4) is 0 Å². The molecule has 4 aromatic carbocycles. The van der Waals surface area contributed by atoms with E-state index in [1.165, 1.54) is 39.2 Å². The summed E-state index contributed by atoms with van der Waals surface area (Å²) in [6.45, 7) is 1.78. The number of methoxy groups -OCH3 is 4. The first-order valence-corrected chi connectivity index (χ1v) is 15.0. The Balaban J connectivity index is 1.54. The lowest BCUT2D eigenvalue weighted by Crippen LogP contribution is -2.30. The van der Waals surface area contributed by atoms with Gasteiger partial charge in [-0.3, -0.25) is 14.4 Å². The van der Waals surface area contributed by atoms with Gasteiger partial charge in [0, 0.05) is 27.8 Å². The average molecular weight is 642 g/mol. The van der Waals surface area contributed by atoms with Crippen LogP contribution in [0.2, 0.25) is 0 Å². The lowest BCUT2D eigenvalue weighted by atomic mass is 10.1. The lowest BCUT2D eigenvalue weighted by molar-refractivity contribution is -0.115. The molecule has 0 saturated heterocycles. The van der Waals surface area contributed by atoms with E-state index in [9.17, 15) is 14.4 Å². The molecule has 238 valence electrons. The molecule has 0 fully saturated rings. The summed E-state index contributed by atoms with van der Waals surface area (Å²) in [7, 11) is 6.08. The molecule has 3 N–H and O–H groups in total. The first kappa shape index (κ1) is 33.5. The lowest BCUT2D eigenvalue weighted by Gasteiger charge is -2.16. The third-order valence-electron chi connectivity index (χ3n) is 6.70. The van der Waals surface area contributed by atoms with Crippen molar-refractivity contribution in [1.82, 2.24) is 5.32 Å². The van der Waals surface area contributed by atoms with Crippen molar-refractivity contribution in [3.05, 3.63) is 108 Å². The molecule has 11 heteroatoms. The minimum absolute atomic E-state index is 0.0153. The number of ether oxygens (including phenoxy) is 4. The number of carbonyl (C=O) groups excluding carboxylic acids is 3. The van der Waals surface area contributed by atoms with Gasteiger partial charge in [0.1, 0.15) is 17.2 Å². The summed E-state index contributed by atoms with van der Waals surface area (Å²) < 4.78 is 21.6. The van der Waals surface area contributed by atoms with Crippen LogP contribution in [0.1, 0.15) is 22.8 Å². The van der Waals surface area contributed by atoms with Gasteiger partial charge in [-0.15, -0.1) is 11.8 Å². The molecule has 1 atom stereocenters. The molecule has 4 rings (SSSR count). The summed E-state index contributed by atoms with van der Waals surface area (Å²) in [5, 5.41) is 7.98. The van der Waals surface area contributed by atoms with E-state index in [1.807, 2.05) is 6.07 Å². The summed E-state index contributed by atoms with van der Waals surface area (Å²) in [5.74, 6) is 0.698. The van der Waals surface area contributed by atoms with Gasteiger partial charge in [0.05, 0.1) is 39.4 Å². The van der Waals surface area contributed by atoms with Crippen LogP contribution >= 0.6 is 11.8 Å². The van der Waals surface area contributed by atoms with Gasteiger partial charge in [0.25, 0.3) is 11.8 Å². The normalized spacial score (nSPS) is 11.5. The topological polar surface area (TPSA) is 124 Å². The molecule has 1 unspecified atom stereocenters. The number of nitrogens with one attached hydrogen (secondary N) is 3. The molecule has 0 radical (unpaired) electrons. The predicted octanol–water partition coefficient (Wildman–Crippen LogP) is 6.25. The number of amides is 3. The molecule has 0 bridgehead atoms. The van der Waals surface area contributed by atoms with Crippen molar-refractivity contribution in [1.29, 1.82) is 0 Å². The van der Waals surface area contributed by atoms with Crippen molar-refractivity contribution in [2.24, 2.45) is 0 Å². The highest BCUT2D eigenvalue weighted by Gasteiger charge is 2.20. The van der Waals surface area contributed by atoms with Crippen molar-refractivity contribution in [3.8, 4) is 23.0 Å². The minimum atomic E-state index is -0.563. The second-order valence-electron chi connectivity index (χ2n) is 9.76. The molecule has 46 heavy (non-hydrogen) atoms. The fourth-order valence-corrected chi connectivity index (χ4v) is 5.30. The van der Waals surface area contributed by atoms with Crippen LogP contribution in [-0.4, -0.2) is 51.4 Å². The number of thioether (sulfide) groups is 1. The van der Waals surface area contributed by atoms with Crippen LogP contribution in [0.5, 0.6) is 23.0 Å². The zero-order valence-electron chi connectivity index (χ0n) is 26.1. The molecular formula is C35H35N3O7S. The monoisotopic (exact) mass is 641 g/mol. The van der Waals surface area contributed by atoms with Gasteiger partial charge < -0.3 is 34.9 Å². The highest BCUT2D eigenvalue weighted by Crippen LogP contribution is 2.33. The standard InChI is InChI=1S/C35H35N3O7S/c1-22(33(39)37-28-21-26(42-2)17-18-30(28)43-3)46-27-15-10-14-25(20-27)36-35(41)29(38-34(40)23-11-7-6-8-12-23)19-24-13-9-16-31(44-4)32(24)45-5/h6-22H,1-5H3,(H,36,41)(H,37,39)(H,38,40)/b29-19+. The van der Waals surface area contributed by atoms with Crippen molar-refractivity contribution in [2.45, 2.75) is 17.1 Å². The van der Waals surface area contributed by atoms with E-state index in [1.54, 1.807) is 99.0 Å². The Labute approximate surface area is 272 Å². The summed E-state index contributed by atoms with van der Waals surface area (Å²) in [4.78, 5) is 40.5. The summed E-state index contributed by atoms with van der Waals surface area (Å²) in [5.41, 5.74) is 1.85. The van der Waals surface area contributed by atoms with E-state index in [0.29, 0.717) is 45.5 Å². The van der Waals surface area contributed by atoms with E-state index >= 15 is 0 Å². The summed E-state index contributed by atoms with van der Waals surface area (Å²) >= 11 is 1.31. The number of hydrogen-bond acceptors (Lipinski definition) is 8. The summed E-state index contributed by atoms with van der Waals surface area (Å²) in [6.07, 6.45) is 1.52. The molecule has 0 heterocycles. The van der Waals surface area contributed by atoms with Crippen molar-refractivity contribution < 1.29 is 33.3 Å². The molecule has 0 aliphatic rings. The quantitative estimate of drug-likeness (QED) is 0.116. The number of rotatable bonds is 13. The average Bonchev–Trinajstić information content (AvgIpc) is 3.08. The van der Waals surface area contributed by atoms with Gasteiger partial charge in [0.2, 0.25) is 5.91 Å². The number of carbonyl (C=O) groups is 3. The molecule has 0 spiro atoms. The summed E-state index contributed by atoms with van der Waals surface area (Å²) in [6, 6.07) is 26.0. The Kier molecular flexibility index (Phi) is 11.7. The van der Waals surface area contributed by atoms with E-state index in [2.05, 4.69) is 16.0 Å². The van der Waals surface area contributed by atoms with Gasteiger partial charge in [-0.2, -0.15) is 0 Å². The van der Waals surface area contributed by atoms with Crippen LogP contribution in [0.25, 0.3) is 6.08 Å². The molecule has 0 saturated carbocycles. The Hall–Kier alpha value is -5.42. The molecule has 0 aliphatic heterocycles. The maximum atomic E-state index is 13.6. The van der Waals surface area contributed by atoms with E-state index in [4.69, 9.17) is 18.9 Å². The molecule has 10 nitrogen and oxygen atoms in total. The highest BCUT2D eigenvalue weighted by molar-refractivity contribution is 8.00. The molecule has 3 amide bonds. The second kappa shape index (κ2) is 16.1. The van der Waals surface area contributed by atoms with Crippen LogP contribution in [0, 0.1) is 0 Å². The van der Waals surface area contributed by atoms with Crippen LogP contribution in [0.15, 0.2) is 102 Å². The van der Waals surface area contributed by atoms with Crippen LogP contribution < -0.4 is 34.9 Å². The van der Waals surface area contributed by atoms with Crippen LogP contribution in [0.4, 0.5) is 11.4 Å². The fraction of sp³-hybridized carbons (Fsp3) is 0.171. The Bertz CT molecular complexity index is 1730. The molecule has 4 aromatic rings. The maximum Gasteiger partial charge on any atom is 0.272 e. The van der Waals surface area contributed by atoms with E-state index in [0.717, 1.165) is 4.90 Å². The number of anilines is 2. The zero-order chi connectivity index (χ0) is 33.1. The third-order valence-corrected chi connectivity index (χ3v) is 7.79.